The van der Waals surface area contributed by atoms with E-state index in [1.807, 2.05) is 36.4 Å². The first-order valence-corrected chi connectivity index (χ1v) is 11.8. The molecule has 2 aliphatic heterocycles. The summed E-state index contributed by atoms with van der Waals surface area (Å²) in [4.78, 5) is 37.5. The number of ether oxygens (including phenoxy) is 3. The summed E-state index contributed by atoms with van der Waals surface area (Å²) < 4.78 is 16.3. The summed E-state index contributed by atoms with van der Waals surface area (Å²) in [7, 11) is 0. The van der Waals surface area contributed by atoms with E-state index in [2.05, 4.69) is 22.8 Å². The van der Waals surface area contributed by atoms with E-state index < -0.39 is 35.5 Å². The molecule has 184 valence electrons. The molecule has 9 heteroatoms. The highest BCUT2D eigenvalue weighted by Crippen LogP contribution is 2.44. The van der Waals surface area contributed by atoms with Gasteiger partial charge in [-0.1, -0.05) is 48.5 Å². The average molecular weight is 481 g/mol. The molecule has 5 rings (SSSR count). The van der Waals surface area contributed by atoms with Gasteiger partial charge >= 0.3 is 12.1 Å². The Hall–Kier alpha value is -3.43. The summed E-state index contributed by atoms with van der Waals surface area (Å²) in [6, 6.07) is 15.5. The van der Waals surface area contributed by atoms with Crippen LogP contribution in [-0.4, -0.2) is 67.7 Å². The minimum atomic E-state index is -1.37. The summed E-state index contributed by atoms with van der Waals surface area (Å²) in [5.74, 6) is -2.34. The van der Waals surface area contributed by atoms with Gasteiger partial charge in [0, 0.05) is 32.0 Å². The van der Waals surface area contributed by atoms with Crippen molar-refractivity contribution in [1.29, 1.82) is 0 Å². The van der Waals surface area contributed by atoms with Gasteiger partial charge in [-0.05, 0) is 22.3 Å². The Bertz CT molecular complexity index is 1080. The molecule has 0 saturated carbocycles. The van der Waals surface area contributed by atoms with Gasteiger partial charge in [0.2, 0.25) is 5.91 Å². The van der Waals surface area contributed by atoms with Crippen LogP contribution in [0.25, 0.3) is 11.1 Å². The Balaban J connectivity index is 1.21. The third-order valence-electron chi connectivity index (χ3n) is 7.18. The van der Waals surface area contributed by atoms with Crippen LogP contribution in [-0.2, 0) is 23.8 Å². The smallest absolute Gasteiger partial charge is 0.407 e. The number of carbonyl (C=O) groups excluding carboxylic acids is 2. The molecule has 2 saturated heterocycles. The molecule has 2 fully saturated rings. The molecule has 0 aromatic heterocycles. The molecule has 2 atom stereocenters. The van der Waals surface area contributed by atoms with Crippen molar-refractivity contribution in [2.24, 2.45) is 5.92 Å². The second-order valence-corrected chi connectivity index (χ2v) is 9.21. The molecule has 2 heterocycles. The monoisotopic (exact) mass is 480 g/mol. The first kappa shape index (κ1) is 23.3. The number of nitrogens with one attached hydrogen (secondary N) is 2. The van der Waals surface area contributed by atoms with Crippen LogP contribution in [0.2, 0.25) is 0 Å². The second kappa shape index (κ2) is 9.67. The van der Waals surface area contributed by atoms with E-state index in [9.17, 15) is 19.5 Å². The largest absolute Gasteiger partial charge is 0.480 e. The lowest BCUT2D eigenvalue weighted by Gasteiger charge is -2.35. The predicted molar refractivity (Wildman–Crippen MR) is 125 cm³/mol. The van der Waals surface area contributed by atoms with Gasteiger partial charge in [-0.25, -0.2) is 9.59 Å². The van der Waals surface area contributed by atoms with Crippen molar-refractivity contribution in [3.05, 3.63) is 59.7 Å². The Kier molecular flexibility index (Phi) is 6.44. The number of amides is 2. The number of carbonyl (C=O) groups is 3. The minimum Gasteiger partial charge on any atom is -0.480 e. The number of carboxylic acids is 1. The van der Waals surface area contributed by atoms with Crippen molar-refractivity contribution in [2.75, 3.05) is 33.0 Å². The molecule has 3 aliphatic rings. The van der Waals surface area contributed by atoms with Crippen LogP contribution in [0.1, 0.15) is 29.9 Å². The number of fused-ring (bicyclic) bond motifs is 3. The SMILES string of the molecule is O=C(NC1COCC1C(=O)NC1(C(=O)O)CCOCC1)OCC1c2ccccc2-c2ccccc21. The molecule has 3 N–H and O–H groups in total. The molecule has 0 radical (unpaired) electrons. The lowest BCUT2D eigenvalue weighted by atomic mass is 9.88. The molecule has 2 aromatic carbocycles. The van der Waals surface area contributed by atoms with Crippen molar-refractivity contribution in [2.45, 2.75) is 30.3 Å². The maximum atomic E-state index is 13.0. The fourth-order valence-corrected chi connectivity index (χ4v) is 5.19. The van der Waals surface area contributed by atoms with Gasteiger partial charge in [-0.2, -0.15) is 0 Å². The number of aliphatic carboxylic acids is 1. The molecule has 2 amide bonds. The molecule has 9 nitrogen and oxygen atoms in total. The van der Waals surface area contributed by atoms with Crippen molar-refractivity contribution in [3.8, 4) is 11.1 Å². The number of hydrogen-bond donors (Lipinski definition) is 3. The van der Waals surface area contributed by atoms with Crippen molar-refractivity contribution in [3.63, 3.8) is 0 Å². The normalized spacial score (nSPS) is 22.6. The maximum absolute atomic E-state index is 13.0. The Morgan fingerprint density at radius 2 is 1.57 bits per heavy atom. The third-order valence-corrected chi connectivity index (χ3v) is 7.18. The van der Waals surface area contributed by atoms with Crippen LogP contribution in [0.4, 0.5) is 4.79 Å². The summed E-state index contributed by atoms with van der Waals surface area (Å²) in [6.45, 7) is 0.911. The molecule has 35 heavy (non-hydrogen) atoms. The van der Waals surface area contributed by atoms with E-state index in [0.29, 0.717) is 0 Å². The van der Waals surface area contributed by atoms with Gasteiger partial charge in [0.15, 0.2) is 0 Å². The maximum Gasteiger partial charge on any atom is 0.407 e. The van der Waals surface area contributed by atoms with Crippen LogP contribution in [0, 0.1) is 5.92 Å². The van der Waals surface area contributed by atoms with Crippen molar-refractivity contribution < 1.29 is 33.7 Å². The highest BCUT2D eigenvalue weighted by molar-refractivity contribution is 5.89. The second-order valence-electron chi connectivity index (χ2n) is 9.21. The number of rotatable bonds is 6. The molecule has 0 spiro atoms. The first-order valence-electron chi connectivity index (χ1n) is 11.8. The van der Waals surface area contributed by atoms with Gasteiger partial charge in [-0.3, -0.25) is 4.79 Å². The predicted octanol–water partition coefficient (Wildman–Crippen LogP) is 2.29. The van der Waals surface area contributed by atoms with Crippen LogP contribution in [0.15, 0.2) is 48.5 Å². The highest BCUT2D eigenvalue weighted by atomic mass is 16.5. The standard InChI is InChI=1S/C26H28N2O7/c29-23(28-26(24(30)31)9-11-33-12-10-26)21-13-34-15-22(21)27-25(32)35-14-20-18-7-3-1-5-16(18)17-6-2-4-8-19(17)20/h1-8,20-22H,9-15H2,(H,27,32)(H,28,29)(H,30,31). The topological polar surface area (TPSA) is 123 Å². The third kappa shape index (κ3) is 4.49. The first-order chi connectivity index (χ1) is 17.0. The van der Waals surface area contributed by atoms with E-state index in [4.69, 9.17) is 14.2 Å². The highest BCUT2D eigenvalue weighted by Gasteiger charge is 2.45. The van der Waals surface area contributed by atoms with Crippen LogP contribution < -0.4 is 10.6 Å². The summed E-state index contributed by atoms with van der Waals surface area (Å²) in [5, 5.41) is 15.1. The molecule has 1 aliphatic carbocycles. The quantitative estimate of drug-likeness (QED) is 0.580. The fourth-order valence-electron chi connectivity index (χ4n) is 5.19. The number of alkyl carbamates (subject to hydrolysis) is 1. The van der Waals surface area contributed by atoms with Gasteiger partial charge in [-0.15, -0.1) is 0 Å². The molecular formula is C26H28N2O7. The summed E-state index contributed by atoms with van der Waals surface area (Å²) in [5.41, 5.74) is 3.13. The molecular weight excluding hydrogens is 452 g/mol. The number of hydrogen-bond acceptors (Lipinski definition) is 6. The van der Waals surface area contributed by atoms with Gasteiger partial charge in [0.25, 0.3) is 0 Å². The lowest BCUT2D eigenvalue weighted by molar-refractivity contribution is -0.152. The van der Waals surface area contributed by atoms with Crippen LogP contribution >= 0.6 is 0 Å². The van der Waals surface area contributed by atoms with E-state index in [-0.39, 0.29) is 51.8 Å². The van der Waals surface area contributed by atoms with Gasteiger partial charge in [0.1, 0.15) is 12.1 Å². The van der Waals surface area contributed by atoms with Crippen molar-refractivity contribution >= 4 is 18.0 Å². The van der Waals surface area contributed by atoms with E-state index in [1.54, 1.807) is 0 Å². The fraction of sp³-hybridized carbons (Fsp3) is 0.423. The van der Waals surface area contributed by atoms with Crippen molar-refractivity contribution in [1.82, 2.24) is 10.6 Å². The average Bonchev–Trinajstić information content (AvgIpc) is 3.46. The van der Waals surface area contributed by atoms with Crippen LogP contribution in [0.5, 0.6) is 0 Å². The van der Waals surface area contributed by atoms with E-state index in [1.165, 1.54) is 0 Å². The summed E-state index contributed by atoms with van der Waals surface area (Å²) >= 11 is 0. The van der Waals surface area contributed by atoms with Gasteiger partial charge in [0.05, 0.1) is 25.2 Å². The zero-order valence-corrected chi connectivity index (χ0v) is 19.2. The zero-order valence-electron chi connectivity index (χ0n) is 19.2. The molecule has 2 unspecified atom stereocenters. The minimum absolute atomic E-state index is 0.0731. The summed E-state index contributed by atoms with van der Waals surface area (Å²) in [6.07, 6.45) is -0.266. The number of carboxylic acid groups (broad SMARTS) is 1. The zero-order chi connectivity index (χ0) is 24.4. The number of benzene rings is 2. The Morgan fingerprint density at radius 3 is 2.20 bits per heavy atom. The molecule has 0 bridgehead atoms. The molecule has 2 aromatic rings. The van der Waals surface area contributed by atoms with E-state index in [0.717, 1.165) is 22.3 Å². The Labute approximate surface area is 202 Å². The Morgan fingerprint density at radius 1 is 0.943 bits per heavy atom. The van der Waals surface area contributed by atoms with E-state index >= 15 is 0 Å². The van der Waals surface area contributed by atoms with Crippen LogP contribution in [0.3, 0.4) is 0 Å². The lowest BCUT2D eigenvalue weighted by Crippen LogP contribution is -2.60. The van der Waals surface area contributed by atoms with Gasteiger partial charge < -0.3 is 30.0 Å².